The van der Waals surface area contributed by atoms with E-state index in [2.05, 4.69) is 13.2 Å². The van der Waals surface area contributed by atoms with Crippen molar-refractivity contribution in [3.63, 3.8) is 0 Å². The lowest BCUT2D eigenvalue weighted by atomic mass is 10.1. The normalized spacial score (nSPS) is 10.9. The van der Waals surface area contributed by atoms with Crippen LogP contribution >= 0.6 is 0 Å². The van der Waals surface area contributed by atoms with Crippen LogP contribution in [-0.4, -0.2) is 23.4 Å². The maximum atomic E-state index is 14.0. The predicted octanol–water partition coefficient (Wildman–Crippen LogP) is 5.12. The molecule has 0 amide bonds. The second-order valence-corrected chi connectivity index (χ2v) is 6.41. The lowest BCUT2D eigenvalue weighted by Gasteiger charge is -2.10. The van der Waals surface area contributed by atoms with Crippen LogP contribution in [0.5, 0.6) is 11.5 Å². The quantitative estimate of drug-likeness (QED) is 0.377. The summed E-state index contributed by atoms with van der Waals surface area (Å²) in [5.74, 6) is -0.469. The van der Waals surface area contributed by atoms with Crippen molar-refractivity contribution in [1.82, 2.24) is 0 Å². The third-order valence-corrected chi connectivity index (χ3v) is 4.21. The zero-order valence-corrected chi connectivity index (χ0v) is 16.6. The largest absolute Gasteiger partial charge is 0.489 e. The fourth-order valence-corrected chi connectivity index (χ4v) is 2.57. The number of rotatable bonds is 12. The molecule has 0 atom stereocenters. The van der Waals surface area contributed by atoms with E-state index in [9.17, 15) is 9.18 Å². The maximum Gasteiger partial charge on any atom is 0.303 e. The minimum absolute atomic E-state index is 0.106. The Morgan fingerprint density at radius 1 is 1.10 bits per heavy atom. The zero-order valence-electron chi connectivity index (χ0n) is 16.6. The predicted molar refractivity (Wildman–Crippen MR) is 115 cm³/mol. The van der Waals surface area contributed by atoms with Crippen LogP contribution in [-0.2, 0) is 17.8 Å². The van der Waals surface area contributed by atoms with Crippen LogP contribution in [0.1, 0.15) is 17.5 Å². The number of carboxylic acid groups (broad SMARTS) is 1. The number of hydrogen-bond acceptors (Lipinski definition) is 4. The highest BCUT2D eigenvalue weighted by atomic mass is 19.1. The molecule has 0 unspecified atom stereocenters. The Kier molecular flexibility index (Phi) is 8.56. The highest BCUT2D eigenvalue weighted by molar-refractivity contribution is 6.01. The van der Waals surface area contributed by atoms with E-state index in [1.54, 1.807) is 36.4 Å². The third kappa shape index (κ3) is 7.05. The van der Waals surface area contributed by atoms with Crippen LogP contribution in [0.15, 0.2) is 79.4 Å². The molecular formula is C24H24FNO4. The molecule has 0 saturated heterocycles. The second kappa shape index (κ2) is 11.4. The third-order valence-electron chi connectivity index (χ3n) is 4.21. The van der Waals surface area contributed by atoms with Gasteiger partial charge in [0.05, 0.1) is 5.71 Å². The molecule has 2 aromatic carbocycles. The summed E-state index contributed by atoms with van der Waals surface area (Å²) >= 11 is 0. The molecule has 5 nitrogen and oxygen atoms in total. The van der Waals surface area contributed by atoms with Crippen molar-refractivity contribution in [2.75, 3.05) is 6.61 Å². The first kappa shape index (κ1) is 22.6. The van der Waals surface area contributed by atoms with Gasteiger partial charge in [-0.3, -0.25) is 4.79 Å². The van der Waals surface area contributed by atoms with E-state index >= 15 is 0 Å². The number of ether oxygens (including phenoxy) is 2. The topological polar surface area (TPSA) is 79.6 Å². The molecule has 2 aromatic rings. The van der Waals surface area contributed by atoms with E-state index in [0.29, 0.717) is 28.3 Å². The zero-order chi connectivity index (χ0) is 21.9. The van der Waals surface area contributed by atoms with Gasteiger partial charge < -0.3 is 20.0 Å². The fourth-order valence-electron chi connectivity index (χ4n) is 2.57. The number of benzene rings is 2. The van der Waals surface area contributed by atoms with Crippen molar-refractivity contribution in [1.29, 1.82) is 5.41 Å². The second-order valence-electron chi connectivity index (χ2n) is 6.41. The van der Waals surface area contributed by atoms with Gasteiger partial charge in [-0.15, -0.1) is 0 Å². The maximum absolute atomic E-state index is 14.0. The van der Waals surface area contributed by atoms with Crippen molar-refractivity contribution in [3.05, 3.63) is 96.4 Å². The van der Waals surface area contributed by atoms with Gasteiger partial charge in [0.2, 0.25) is 0 Å². The van der Waals surface area contributed by atoms with Gasteiger partial charge in [-0.2, -0.15) is 0 Å². The Bertz CT molecular complexity index is 948. The van der Waals surface area contributed by atoms with Crippen LogP contribution in [0.25, 0.3) is 0 Å². The van der Waals surface area contributed by atoms with Crippen LogP contribution in [0.2, 0.25) is 0 Å². The Hall–Kier alpha value is -3.67. The lowest BCUT2D eigenvalue weighted by Crippen LogP contribution is -2.11. The summed E-state index contributed by atoms with van der Waals surface area (Å²) in [4.78, 5) is 10.6. The summed E-state index contributed by atoms with van der Waals surface area (Å²) in [5.41, 5.74) is 2.16. The van der Waals surface area contributed by atoms with Gasteiger partial charge in [0.1, 0.15) is 30.5 Å². The molecule has 0 bridgehead atoms. The molecule has 6 heteroatoms. The molecular weight excluding hydrogens is 385 g/mol. The first-order chi connectivity index (χ1) is 14.4. The van der Waals surface area contributed by atoms with Crippen molar-refractivity contribution >= 4 is 11.7 Å². The number of aliphatic carboxylic acids is 1. The Balaban J connectivity index is 1.87. The molecule has 0 fully saturated rings. The molecule has 0 heterocycles. The Morgan fingerprint density at radius 2 is 1.80 bits per heavy atom. The van der Waals surface area contributed by atoms with E-state index < -0.39 is 11.8 Å². The molecule has 30 heavy (non-hydrogen) atoms. The van der Waals surface area contributed by atoms with Gasteiger partial charge >= 0.3 is 5.97 Å². The summed E-state index contributed by atoms with van der Waals surface area (Å²) in [6.45, 7) is 7.62. The lowest BCUT2D eigenvalue weighted by molar-refractivity contribution is -0.136. The van der Waals surface area contributed by atoms with Gasteiger partial charge in [-0.1, -0.05) is 49.6 Å². The molecule has 0 aliphatic rings. The number of aryl methyl sites for hydroxylation is 1. The average Bonchev–Trinajstić information content (AvgIpc) is 2.74. The van der Waals surface area contributed by atoms with E-state index in [1.165, 1.54) is 12.1 Å². The fraction of sp³-hybridized carbons (Fsp3) is 0.167. The summed E-state index contributed by atoms with van der Waals surface area (Å²) in [5, 5.41) is 16.7. The molecule has 0 aliphatic heterocycles. The molecule has 0 saturated carbocycles. The van der Waals surface area contributed by atoms with Gasteiger partial charge in [0.15, 0.2) is 0 Å². The SMILES string of the molecule is C=C/C=C(\C=C)C(=N)COc1ccc(COc2ccc(CCC(=O)O)c(F)c2)cc1. The van der Waals surface area contributed by atoms with Crippen LogP contribution < -0.4 is 9.47 Å². The number of carbonyl (C=O) groups is 1. The summed E-state index contributed by atoms with van der Waals surface area (Å²) in [6, 6.07) is 11.6. The van der Waals surface area contributed by atoms with E-state index in [0.717, 1.165) is 5.56 Å². The minimum atomic E-state index is -0.964. The minimum Gasteiger partial charge on any atom is -0.489 e. The first-order valence-electron chi connectivity index (χ1n) is 9.30. The molecule has 2 rings (SSSR count). The van der Waals surface area contributed by atoms with Crippen molar-refractivity contribution in [3.8, 4) is 11.5 Å². The molecule has 0 aromatic heterocycles. The number of halogens is 1. The Morgan fingerprint density at radius 3 is 2.40 bits per heavy atom. The van der Waals surface area contributed by atoms with Crippen molar-refractivity contribution < 1.29 is 23.8 Å². The van der Waals surface area contributed by atoms with E-state index in [4.69, 9.17) is 20.0 Å². The van der Waals surface area contributed by atoms with Crippen LogP contribution in [0.3, 0.4) is 0 Å². The molecule has 0 radical (unpaired) electrons. The van der Waals surface area contributed by atoms with Gasteiger partial charge in [0, 0.05) is 12.5 Å². The standard InChI is InChI=1S/C24H24FNO4/c1-3-5-18(4-2)23(26)16-30-20-10-6-17(7-11-20)15-29-21-12-8-19(22(25)14-21)9-13-24(27)28/h3-8,10-12,14,26H,1-2,9,13,15-16H2,(H,27,28)/b18-5+,26-23?. The average molecular weight is 409 g/mol. The van der Waals surface area contributed by atoms with Crippen LogP contribution in [0.4, 0.5) is 4.39 Å². The smallest absolute Gasteiger partial charge is 0.303 e. The number of allylic oxidation sites excluding steroid dienone is 3. The van der Waals surface area contributed by atoms with Crippen molar-refractivity contribution in [2.24, 2.45) is 0 Å². The van der Waals surface area contributed by atoms with Gasteiger partial charge in [-0.25, -0.2) is 4.39 Å². The highest BCUT2D eigenvalue weighted by Gasteiger charge is 2.07. The molecule has 0 spiro atoms. The Labute approximate surface area is 175 Å². The van der Waals surface area contributed by atoms with Gasteiger partial charge in [-0.05, 0) is 41.3 Å². The highest BCUT2D eigenvalue weighted by Crippen LogP contribution is 2.20. The van der Waals surface area contributed by atoms with E-state index in [-0.39, 0.29) is 26.1 Å². The summed E-state index contributed by atoms with van der Waals surface area (Å²) < 4.78 is 25.2. The summed E-state index contributed by atoms with van der Waals surface area (Å²) in [6.07, 6.45) is 4.88. The van der Waals surface area contributed by atoms with Gasteiger partial charge in [0.25, 0.3) is 0 Å². The van der Waals surface area contributed by atoms with Crippen molar-refractivity contribution in [2.45, 2.75) is 19.4 Å². The summed E-state index contributed by atoms with van der Waals surface area (Å²) in [7, 11) is 0. The van der Waals surface area contributed by atoms with E-state index in [1.807, 2.05) is 12.1 Å². The molecule has 2 N–H and O–H groups in total. The monoisotopic (exact) mass is 409 g/mol. The number of nitrogens with one attached hydrogen (secondary N) is 1. The number of carboxylic acids is 1. The van der Waals surface area contributed by atoms with Crippen LogP contribution in [0, 0.1) is 11.2 Å². The first-order valence-corrected chi connectivity index (χ1v) is 9.30. The molecule has 156 valence electrons. The number of hydrogen-bond donors (Lipinski definition) is 2. The molecule has 0 aliphatic carbocycles.